The number of hydrogen-bond acceptors (Lipinski definition) is 7. The number of nitro benzene ring substituents is 1. The molecule has 1 aliphatic carbocycles. The molecular formula is C26H30N6O4. The fraction of sp³-hybridized carbons (Fsp3) is 0.423. The highest BCUT2D eigenvalue weighted by atomic mass is 16.6. The summed E-state index contributed by atoms with van der Waals surface area (Å²) < 4.78 is 0. The molecule has 0 bridgehead atoms. The van der Waals surface area contributed by atoms with Crippen LogP contribution in [0.2, 0.25) is 0 Å². The van der Waals surface area contributed by atoms with Crippen molar-refractivity contribution in [3.05, 3.63) is 69.3 Å². The van der Waals surface area contributed by atoms with Crippen LogP contribution in [-0.2, 0) is 0 Å². The Balaban J connectivity index is 1.44. The first kappa shape index (κ1) is 25.1. The molecule has 2 fully saturated rings. The molecule has 188 valence electrons. The maximum atomic E-state index is 12.9. The van der Waals surface area contributed by atoms with Crippen molar-refractivity contribution in [1.29, 1.82) is 5.26 Å². The maximum Gasteiger partial charge on any atom is 0.293 e. The van der Waals surface area contributed by atoms with Crippen molar-refractivity contribution >= 4 is 23.2 Å². The van der Waals surface area contributed by atoms with Gasteiger partial charge in [-0.15, -0.1) is 0 Å². The second kappa shape index (κ2) is 11.2. The van der Waals surface area contributed by atoms with E-state index in [9.17, 15) is 19.7 Å². The van der Waals surface area contributed by atoms with Crippen molar-refractivity contribution in [2.75, 3.05) is 31.1 Å². The first-order valence-electron chi connectivity index (χ1n) is 12.2. The number of nitro groups is 1. The van der Waals surface area contributed by atoms with Gasteiger partial charge in [0, 0.05) is 55.5 Å². The Morgan fingerprint density at radius 3 is 2.36 bits per heavy atom. The molecule has 4 rings (SSSR count). The van der Waals surface area contributed by atoms with Crippen LogP contribution in [0.15, 0.2) is 42.5 Å². The summed E-state index contributed by atoms with van der Waals surface area (Å²) in [6.45, 7) is 1.90. The van der Waals surface area contributed by atoms with Gasteiger partial charge in [0.2, 0.25) is 0 Å². The molecule has 1 heterocycles. The molecule has 3 N–H and O–H groups in total. The van der Waals surface area contributed by atoms with E-state index in [0.29, 0.717) is 49.4 Å². The lowest BCUT2D eigenvalue weighted by Crippen LogP contribution is -2.40. The van der Waals surface area contributed by atoms with Crippen molar-refractivity contribution < 1.29 is 14.5 Å². The van der Waals surface area contributed by atoms with E-state index in [4.69, 9.17) is 11.0 Å². The number of carbonyl (C=O) groups is 2. The number of nitriles is 1. The van der Waals surface area contributed by atoms with E-state index in [1.807, 2.05) is 11.0 Å². The largest absolute Gasteiger partial charge is 0.364 e. The second-order valence-electron chi connectivity index (χ2n) is 9.37. The maximum absolute atomic E-state index is 12.9. The molecule has 0 unspecified atom stereocenters. The zero-order chi connectivity index (χ0) is 25.7. The second-order valence-corrected chi connectivity index (χ2v) is 9.37. The number of hydrogen-bond donors (Lipinski definition) is 2. The minimum Gasteiger partial charge on any atom is -0.364 e. The molecule has 36 heavy (non-hydrogen) atoms. The van der Waals surface area contributed by atoms with Gasteiger partial charge in [0.1, 0.15) is 5.69 Å². The van der Waals surface area contributed by atoms with Crippen molar-refractivity contribution in [2.45, 2.75) is 44.2 Å². The van der Waals surface area contributed by atoms with Crippen LogP contribution >= 0.6 is 0 Å². The summed E-state index contributed by atoms with van der Waals surface area (Å²) >= 11 is 0. The van der Waals surface area contributed by atoms with Gasteiger partial charge in [-0.3, -0.25) is 19.7 Å². The quantitative estimate of drug-likeness (QED) is 0.484. The number of benzene rings is 2. The zero-order valence-electron chi connectivity index (χ0n) is 20.1. The fourth-order valence-electron chi connectivity index (χ4n) is 4.84. The summed E-state index contributed by atoms with van der Waals surface area (Å²) in [7, 11) is 0. The molecule has 2 aromatic rings. The van der Waals surface area contributed by atoms with Crippen LogP contribution < -0.4 is 16.0 Å². The van der Waals surface area contributed by atoms with Gasteiger partial charge >= 0.3 is 0 Å². The van der Waals surface area contributed by atoms with Crippen LogP contribution in [0.3, 0.4) is 0 Å². The van der Waals surface area contributed by atoms with Gasteiger partial charge in [0.15, 0.2) is 0 Å². The Morgan fingerprint density at radius 2 is 1.69 bits per heavy atom. The summed E-state index contributed by atoms with van der Waals surface area (Å²) in [6, 6.07) is 13.3. The minimum absolute atomic E-state index is 0.0289. The highest BCUT2D eigenvalue weighted by Crippen LogP contribution is 2.30. The summed E-state index contributed by atoms with van der Waals surface area (Å²) in [5.74, 6) is -0.452. The van der Waals surface area contributed by atoms with Crippen LogP contribution in [0.25, 0.3) is 0 Å². The summed E-state index contributed by atoms with van der Waals surface area (Å²) in [5.41, 5.74) is 7.49. The number of carbonyl (C=O) groups excluding carboxylic acids is 2. The molecule has 10 nitrogen and oxygen atoms in total. The molecule has 0 atom stereocenters. The van der Waals surface area contributed by atoms with Crippen LogP contribution in [0, 0.1) is 21.4 Å². The average Bonchev–Trinajstić information content (AvgIpc) is 3.15. The first-order valence-corrected chi connectivity index (χ1v) is 12.2. The number of nitrogens with zero attached hydrogens (tertiary/aromatic N) is 4. The van der Waals surface area contributed by atoms with Crippen LogP contribution in [0.1, 0.15) is 58.4 Å². The van der Waals surface area contributed by atoms with Gasteiger partial charge in [-0.25, -0.2) is 0 Å². The molecule has 2 amide bonds. The van der Waals surface area contributed by atoms with E-state index in [1.165, 1.54) is 6.07 Å². The Labute approximate surface area is 209 Å². The number of anilines is 1. The molecule has 0 spiro atoms. The van der Waals surface area contributed by atoms with Gasteiger partial charge in [-0.2, -0.15) is 5.26 Å². The van der Waals surface area contributed by atoms with Gasteiger partial charge in [-0.05, 0) is 68.5 Å². The molecule has 1 saturated heterocycles. The monoisotopic (exact) mass is 490 g/mol. The number of amides is 2. The van der Waals surface area contributed by atoms with Crippen molar-refractivity contribution in [3.63, 3.8) is 0 Å². The molecule has 0 aromatic heterocycles. The molecule has 2 aliphatic rings. The first-order chi connectivity index (χ1) is 17.4. The Bertz CT molecular complexity index is 1170. The molecule has 1 saturated carbocycles. The van der Waals surface area contributed by atoms with Crippen molar-refractivity contribution in [2.24, 2.45) is 5.73 Å². The highest BCUT2D eigenvalue weighted by Gasteiger charge is 2.27. The van der Waals surface area contributed by atoms with E-state index in [-0.39, 0.29) is 35.1 Å². The van der Waals surface area contributed by atoms with E-state index in [0.717, 1.165) is 25.7 Å². The van der Waals surface area contributed by atoms with E-state index in [2.05, 4.69) is 5.32 Å². The third-order valence-electron chi connectivity index (χ3n) is 6.93. The van der Waals surface area contributed by atoms with Gasteiger partial charge in [0.05, 0.1) is 16.6 Å². The zero-order valence-corrected chi connectivity index (χ0v) is 20.1. The Hall–Kier alpha value is -3.97. The molecular weight excluding hydrogens is 460 g/mol. The SMILES string of the molecule is N#Cc1ccc(C(=O)N2CCCN(c3ccc(C(=O)NC4CCC(N)CC4)cc3[N+](=O)[O-])CC2)cc1. The van der Waals surface area contributed by atoms with Gasteiger partial charge in [0.25, 0.3) is 17.5 Å². The van der Waals surface area contributed by atoms with E-state index < -0.39 is 4.92 Å². The molecule has 10 heteroatoms. The van der Waals surface area contributed by atoms with Crippen molar-refractivity contribution in [1.82, 2.24) is 10.2 Å². The van der Waals surface area contributed by atoms with E-state index in [1.54, 1.807) is 41.3 Å². The number of nitrogens with one attached hydrogen (secondary N) is 1. The minimum atomic E-state index is -0.462. The lowest BCUT2D eigenvalue weighted by Gasteiger charge is -2.27. The van der Waals surface area contributed by atoms with Crippen LogP contribution in [0.4, 0.5) is 11.4 Å². The van der Waals surface area contributed by atoms with Crippen LogP contribution in [0.5, 0.6) is 0 Å². The molecule has 1 aliphatic heterocycles. The highest BCUT2D eigenvalue weighted by molar-refractivity contribution is 5.96. The molecule has 0 radical (unpaired) electrons. The average molecular weight is 491 g/mol. The van der Waals surface area contributed by atoms with Gasteiger partial charge < -0.3 is 20.9 Å². The Kier molecular flexibility index (Phi) is 7.80. The predicted molar refractivity (Wildman–Crippen MR) is 135 cm³/mol. The van der Waals surface area contributed by atoms with Crippen LogP contribution in [-0.4, -0.2) is 59.9 Å². The standard InChI is InChI=1S/C26H30N6O4/c27-17-18-2-4-19(5-3-18)26(34)31-13-1-12-30(14-15-31)23-11-6-20(16-24(23)32(35)36)25(33)29-22-9-7-21(28)8-10-22/h2-6,11,16,21-22H,1,7-10,12-15,28H2,(H,29,33). The summed E-state index contributed by atoms with van der Waals surface area (Å²) in [5, 5.41) is 23.8. The van der Waals surface area contributed by atoms with Gasteiger partial charge in [-0.1, -0.05) is 0 Å². The number of nitrogens with two attached hydrogens (primary N) is 1. The lowest BCUT2D eigenvalue weighted by molar-refractivity contribution is -0.384. The normalized spacial score (nSPS) is 20.2. The predicted octanol–water partition coefficient (Wildman–Crippen LogP) is 2.82. The van der Waals surface area contributed by atoms with E-state index >= 15 is 0 Å². The fourth-order valence-corrected chi connectivity index (χ4v) is 4.84. The third-order valence-corrected chi connectivity index (χ3v) is 6.93. The Morgan fingerprint density at radius 1 is 1.00 bits per heavy atom. The van der Waals surface area contributed by atoms with Crippen molar-refractivity contribution in [3.8, 4) is 6.07 Å². The summed E-state index contributed by atoms with van der Waals surface area (Å²) in [6.07, 6.45) is 3.95. The topological polar surface area (TPSA) is 146 Å². The number of rotatable bonds is 5. The summed E-state index contributed by atoms with van der Waals surface area (Å²) in [4.78, 5) is 40.8. The lowest BCUT2D eigenvalue weighted by atomic mass is 9.91. The smallest absolute Gasteiger partial charge is 0.293 e. The third kappa shape index (κ3) is 5.80. The molecule has 2 aromatic carbocycles.